The minimum atomic E-state index is 0.214. The van der Waals surface area contributed by atoms with Crippen LogP contribution in [0.4, 0.5) is 0 Å². The topological polar surface area (TPSA) is 47.7 Å². The Morgan fingerprint density at radius 3 is 2.22 bits per heavy atom. The Kier molecular flexibility index (Phi) is 5.01. The van der Waals surface area contributed by atoms with E-state index in [-0.39, 0.29) is 12.2 Å². The highest BCUT2D eigenvalue weighted by molar-refractivity contribution is 4.94. The van der Waals surface area contributed by atoms with Crippen LogP contribution < -0.4 is 5.73 Å². The quantitative estimate of drug-likeness (QED) is 0.818. The molecule has 0 amide bonds. The summed E-state index contributed by atoms with van der Waals surface area (Å²) < 4.78 is 11.1. The molecule has 1 aliphatic heterocycles. The molecule has 2 rings (SSSR count). The SMILES string of the molecule is COC1CN(C2CC(C)CCC2CN)CC1OC. The summed E-state index contributed by atoms with van der Waals surface area (Å²) in [6.45, 7) is 5.15. The minimum Gasteiger partial charge on any atom is -0.377 e. The predicted molar refractivity (Wildman–Crippen MR) is 72.5 cm³/mol. The van der Waals surface area contributed by atoms with Crippen molar-refractivity contribution in [1.82, 2.24) is 4.90 Å². The van der Waals surface area contributed by atoms with Gasteiger partial charge in [-0.05, 0) is 31.2 Å². The van der Waals surface area contributed by atoms with E-state index in [0.717, 1.165) is 25.6 Å². The zero-order chi connectivity index (χ0) is 13.1. The molecule has 4 nitrogen and oxygen atoms in total. The van der Waals surface area contributed by atoms with Gasteiger partial charge in [-0.25, -0.2) is 0 Å². The van der Waals surface area contributed by atoms with E-state index in [2.05, 4.69) is 11.8 Å². The van der Waals surface area contributed by atoms with E-state index in [0.29, 0.717) is 12.0 Å². The monoisotopic (exact) mass is 256 g/mol. The van der Waals surface area contributed by atoms with E-state index >= 15 is 0 Å². The van der Waals surface area contributed by atoms with Gasteiger partial charge < -0.3 is 15.2 Å². The summed E-state index contributed by atoms with van der Waals surface area (Å²) >= 11 is 0. The second kappa shape index (κ2) is 6.33. The Bertz CT molecular complexity index is 250. The van der Waals surface area contributed by atoms with Gasteiger partial charge in [0.1, 0.15) is 0 Å². The van der Waals surface area contributed by atoms with Gasteiger partial charge in [-0.15, -0.1) is 0 Å². The van der Waals surface area contributed by atoms with Gasteiger partial charge in [0, 0.05) is 33.4 Å². The van der Waals surface area contributed by atoms with Crippen molar-refractivity contribution in [1.29, 1.82) is 0 Å². The Balaban J connectivity index is 2.01. The Morgan fingerprint density at radius 1 is 1.11 bits per heavy atom. The third-order valence-corrected chi connectivity index (χ3v) is 4.84. The first-order valence-electron chi connectivity index (χ1n) is 7.19. The molecule has 18 heavy (non-hydrogen) atoms. The number of hydrogen-bond donors (Lipinski definition) is 1. The smallest absolute Gasteiger partial charge is 0.0971 e. The van der Waals surface area contributed by atoms with Crippen LogP contribution in [0.2, 0.25) is 0 Å². The van der Waals surface area contributed by atoms with E-state index in [1.807, 2.05) is 0 Å². The Morgan fingerprint density at radius 2 is 1.72 bits per heavy atom. The maximum Gasteiger partial charge on any atom is 0.0971 e. The maximum atomic E-state index is 5.95. The number of nitrogens with two attached hydrogens (primary N) is 1. The highest BCUT2D eigenvalue weighted by Crippen LogP contribution is 2.34. The zero-order valence-electron chi connectivity index (χ0n) is 12.0. The van der Waals surface area contributed by atoms with Gasteiger partial charge in [0.05, 0.1) is 12.2 Å². The standard InChI is InChI=1S/C14H28N2O2/c1-10-4-5-11(7-15)12(6-10)16-8-13(17-2)14(9-16)18-3/h10-14H,4-9,15H2,1-3H3. The first-order chi connectivity index (χ1) is 8.69. The van der Waals surface area contributed by atoms with Crippen molar-refractivity contribution >= 4 is 0 Å². The predicted octanol–water partition coefficient (Wildman–Crippen LogP) is 1.10. The van der Waals surface area contributed by atoms with Crippen LogP contribution in [0, 0.1) is 11.8 Å². The maximum absolute atomic E-state index is 5.95. The van der Waals surface area contributed by atoms with Crippen LogP contribution in [0.5, 0.6) is 0 Å². The van der Waals surface area contributed by atoms with Crippen molar-refractivity contribution in [2.75, 3.05) is 33.9 Å². The Hall–Kier alpha value is -0.160. The average molecular weight is 256 g/mol. The molecular formula is C14H28N2O2. The van der Waals surface area contributed by atoms with Crippen molar-refractivity contribution in [3.8, 4) is 0 Å². The lowest BCUT2D eigenvalue weighted by molar-refractivity contribution is -0.00461. The molecule has 0 spiro atoms. The van der Waals surface area contributed by atoms with Gasteiger partial charge in [0.2, 0.25) is 0 Å². The number of ether oxygens (including phenoxy) is 2. The molecular weight excluding hydrogens is 228 g/mol. The third kappa shape index (κ3) is 2.87. The second-order valence-corrected chi connectivity index (χ2v) is 5.98. The van der Waals surface area contributed by atoms with Crippen molar-refractivity contribution in [2.24, 2.45) is 17.6 Å². The van der Waals surface area contributed by atoms with Crippen LogP contribution >= 0.6 is 0 Å². The minimum absolute atomic E-state index is 0.214. The van der Waals surface area contributed by atoms with Gasteiger partial charge in [-0.1, -0.05) is 13.3 Å². The molecule has 2 aliphatic rings. The van der Waals surface area contributed by atoms with Gasteiger partial charge in [0.15, 0.2) is 0 Å². The highest BCUT2D eigenvalue weighted by atomic mass is 16.5. The van der Waals surface area contributed by atoms with Crippen molar-refractivity contribution in [3.05, 3.63) is 0 Å². The summed E-state index contributed by atoms with van der Waals surface area (Å²) in [5.74, 6) is 1.47. The van der Waals surface area contributed by atoms with Crippen LogP contribution in [-0.4, -0.2) is 57.0 Å². The normalized spacial score (nSPS) is 42.3. The summed E-state index contributed by atoms with van der Waals surface area (Å²) in [7, 11) is 3.56. The van der Waals surface area contributed by atoms with E-state index in [1.165, 1.54) is 19.3 Å². The summed E-state index contributed by atoms with van der Waals surface area (Å²) in [6.07, 6.45) is 4.30. The molecule has 1 aliphatic carbocycles. The lowest BCUT2D eigenvalue weighted by Gasteiger charge is -2.40. The van der Waals surface area contributed by atoms with Crippen molar-refractivity contribution in [3.63, 3.8) is 0 Å². The van der Waals surface area contributed by atoms with Crippen LogP contribution in [0.3, 0.4) is 0 Å². The summed E-state index contributed by atoms with van der Waals surface area (Å²) in [6, 6.07) is 0.622. The number of nitrogens with zero attached hydrogens (tertiary/aromatic N) is 1. The summed E-state index contributed by atoms with van der Waals surface area (Å²) in [4.78, 5) is 2.55. The summed E-state index contributed by atoms with van der Waals surface area (Å²) in [5.41, 5.74) is 5.95. The molecule has 0 radical (unpaired) electrons. The van der Waals surface area contributed by atoms with Crippen molar-refractivity contribution < 1.29 is 9.47 Å². The van der Waals surface area contributed by atoms with Crippen LogP contribution in [-0.2, 0) is 9.47 Å². The third-order valence-electron chi connectivity index (χ3n) is 4.84. The molecule has 1 saturated heterocycles. The lowest BCUT2D eigenvalue weighted by atomic mass is 9.78. The van der Waals surface area contributed by atoms with Crippen LogP contribution in [0.1, 0.15) is 26.2 Å². The molecule has 5 unspecified atom stereocenters. The largest absolute Gasteiger partial charge is 0.377 e. The number of hydrogen-bond acceptors (Lipinski definition) is 4. The summed E-state index contributed by atoms with van der Waals surface area (Å²) in [5, 5.41) is 0. The second-order valence-electron chi connectivity index (χ2n) is 5.98. The molecule has 1 heterocycles. The van der Waals surface area contributed by atoms with E-state index < -0.39 is 0 Å². The first kappa shape index (κ1) is 14.3. The van der Waals surface area contributed by atoms with Gasteiger partial charge >= 0.3 is 0 Å². The number of likely N-dealkylation sites (tertiary alicyclic amines) is 1. The fraction of sp³-hybridized carbons (Fsp3) is 1.00. The molecule has 0 aromatic carbocycles. The molecule has 1 saturated carbocycles. The van der Waals surface area contributed by atoms with Gasteiger partial charge in [-0.2, -0.15) is 0 Å². The molecule has 0 aromatic rings. The van der Waals surface area contributed by atoms with E-state index in [1.54, 1.807) is 14.2 Å². The van der Waals surface area contributed by atoms with Crippen LogP contribution in [0.25, 0.3) is 0 Å². The first-order valence-corrected chi connectivity index (χ1v) is 7.19. The molecule has 106 valence electrons. The number of methoxy groups -OCH3 is 2. The van der Waals surface area contributed by atoms with Crippen LogP contribution in [0.15, 0.2) is 0 Å². The molecule has 5 atom stereocenters. The molecule has 2 N–H and O–H groups in total. The van der Waals surface area contributed by atoms with Gasteiger partial charge in [0.25, 0.3) is 0 Å². The molecule has 0 bridgehead atoms. The van der Waals surface area contributed by atoms with E-state index in [9.17, 15) is 0 Å². The Labute approximate surface area is 111 Å². The molecule has 4 heteroatoms. The fourth-order valence-electron chi connectivity index (χ4n) is 3.63. The molecule has 0 aromatic heterocycles. The molecule has 2 fully saturated rings. The van der Waals surface area contributed by atoms with Crippen molar-refractivity contribution in [2.45, 2.75) is 44.4 Å². The zero-order valence-corrected chi connectivity index (χ0v) is 12.0. The number of rotatable bonds is 4. The average Bonchev–Trinajstić information content (AvgIpc) is 2.81. The van der Waals surface area contributed by atoms with Gasteiger partial charge in [-0.3, -0.25) is 4.90 Å². The highest BCUT2D eigenvalue weighted by Gasteiger charge is 2.40. The lowest BCUT2D eigenvalue weighted by Crippen LogP contribution is -2.46. The van der Waals surface area contributed by atoms with E-state index in [4.69, 9.17) is 15.2 Å². The fourth-order valence-corrected chi connectivity index (χ4v) is 3.63.